The monoisotopic (exact) mass is 263 g/mol. The van der Waals surface area contributed by atoms with Gasteiger partial charge in [0.15, 0.2) is 5.69 Å². The van der Waals surface area contributed by atoms with Crippen LogP contribution in [-0.2, 0) is 9.73 Å². The molecule has 0 bridgehead atoms. The van der Waals surface area contributed by atoms with Crippen molar-refractivity contribution >= 4 is 21.6 Å². The summed E-state index contributed by atoms with van der Waals surface area (Å²) in [5.41, 5.74) is 0.552. The Morgan fingerprint density at radius 3 is 2.83 bits per heavy atom. The summed E-state index contributed by atoms with van der Waals surface area (Å²) in [5.74, 6) is -0.967. The molecule has 1 atom stereocenters. The molecule has 0 amide bonds. The van der Waals surface area contributed by atoms with E-state index in [4.69, 9.17) is 5.11 Å². The third-order valence-corrected chi connectivity index (χ3v) is 4.37. The van der Waals surface area contributed by atoms with E-state index in [9.17, 15) is 9.00 Å². The Balaban J connectivity index is 2.40. The first kappa shape index (κ1) is 11.0. The van der Waals surface area contributed by atoms with Gasteiger partial charge in [0.05, 0.1) is 20.3 Å². The molecule has 3 rings (SSSR count). The standard InChI is InChI=1S/C11H9N3O3S/c1-18(17)9-5-3-2-4-8(9)14-6-7(10(15)16)12-11(14)13-18/h2-6H,1H3,(H,15,16). The van der Waals surface area contributed by atoms with Gasteiger partial charge in [-0.25, -0.2) is 14.0 Å². The number of para-hydroxylation sites is 1. The largest absolute Gasteiger partial charge is 0.476 e. The number of carboxylic acid groups (broad SMARTS) is 1. The molecule has 6 nitrogen and oxygen atoms in total. The lowest BCUT2D eigenvalue weighted by molar-refractivity contribution is 0.0691. The van der Waals surface area contributed by atoms with E-state index in [0.29, 0.717) is 10.6 Å². The van der Waals surface area contributed by atoms with E-state index in [1.165, 1.54) is 12.5 Å². The van der Waals surface area contributed by atoms with E-state index < -0.39 is 15.7 Å². The quantitative estimate of drug-likeness (QED) is 0.848. The molecule has 1 aliphatic rings. The van der Waals surface area contributed by atoms with Crippen molar-refractivity contribution in [2.24, 2.45) is 4.36 Å². The van der Waals surface area contributed by atoms with Crippen molar-refractivity contribution in [3.05, 3.63) is 36.2 Å². The summed E-state index contributed by atoms with van der Waals surface area (Å²) >= 11 is 0. The van der Waals surface area contributed by atoms with Crippen LogP contribution in [0.2, 0.25) is 0 Å². The van der Waals surface area contributed by atoms with Crippen molar-refractivity contribution in [2.45, 2.75) is 4.90 Å². The molecular formula is C11H9N3O3S. The van der Waals surface area contributed by atoms with Gasteiger partial charge in [-0.2, -0.15) is 4.36 Å². The molecule has 1 aliphatic heterocycles. The zero-order valence-corrected chi connectivity index (χ0v) is 10.2. The fourth-order valence-electron chi connectivity index (χ4n) is 1.90. The van der Waals surface area contributed by atoms with Crippen LogP contribution in [0.1, 0.15) is 10.5 Å². The van der Waals surface area contributed by atoms with E-state index in [0.717, 1.165) is 0 Å². The van der Waals surface area contributed by atoms with Crippen molar-refractivity contribution in [2.75, 3.05) is 6.26 Å². The summed E-state index contributed by atoms with van der Waals surface area (Å²) in [6.07, 6.45) is 2.90. The number of rotatable bonds is 1. The Hall–Kier alpha value is -2.15. The molecule has 1 aromatic heterocycles. The van der Waals surface area contributed by atoms with Crippen molar-refractivity contribution in [1.82, 2.24) is 9.55 Å². The lowest BCUT2D eigenvalue weighted by Crippen LogP contribution is -2.09. The summed E-state index contributed by atoms with van der Waals surface area (Å²) in [6.45, 7) is 0. The minimum absolute atomic E-state index is 0.111. The third kappa shape index (κ3) is 1.44. The van der Waals surface area contributed by atoms with Crippen molar-refractivity contribution in [3.8, 4) is 5.69 Å². The molecule has 92 valence electrons. The zero-order chi connectivity index (χ0) is 12.9. The van der Waals surface area contributed by atoms with Gasteiger partial charge in [0.1, 0.15) is 0 Å². The number of hydrogen-bond donors (Lipinski definition) is 1. The molecular weight excluding hydrogens is 254 g/mol. The highest BCUT2D eigenvalue weighted by atomic mass is 32.2. The Bertz CT molecular complexity index is 785. The van der Waals surface area contributed by atoms with Gasteiger partial charge in [-0.3, -0.25) is 4.57 Å². The van der Waals surface area contributed by atoms with Crippen LogP contribution in [0.25, 0.3) is 5.69 Å². The topological polar surface area (TPSA) is 84.6 Å². The van der Waals surface area contributed by atoms with Gasteiger partial charge < -0.3 is 5.11 Å². The molecule has 2 aromatic rings. The first-order valence-corrected chi connectivity index (χ1v) is 7.05. The van der Waals surface area contributed by atoms with Crippen LogP contribution < -0.4 is 0 Å². The fourth-order valence-corrected chi connectivity index (χ4v) is 3.32. The zero-order valence-electron chi connectivity index (χ0n) is 9.40. The lowest BCUT2D eigenvalue weighted by atomic mass is 10.3. The molecule has 0 aliphatic carbocycles. The summed E-state index contributed by atoms with van der Waals surface area (Å²) < 4.78 is 18.0. The van der Waals surface area contributed by atoms with Gasteiger partial charge >= 0.3 is 5.97 Å². The molecule has 1 N–H and O–H groups in total. The molecule has 18 heavy (non-hydrogen) atoms. The maximum atomic E-state index is 12.4. The number of hydrogen-bond acceptors (Lipinski definition) is 4. The molecule has 0 saturated carbocycles. The maximum absolute atomic E-state index is 12.4. The minimum atomic E-state index is -2.57. The first-order chi connectivity index (χ1) is 8.49. The van der Waals surface area contributed by atoms with Crippen molar-refractivity contribution in [1.29, 1.82) is 0 Å². The highest BCUT2D eigenvalue weighted by Gasteiger charge is 2.24. The molecule has 1 unspecified atom stereocenters. The van der Waals surface area contributed by atoms with Crippen LogP contribution >= 0.6 is 0 Å². The summed E-state index contributed by atoms with van der Waals surface area (Å²) in [7, 11) is -2.57. The van der Waals surface area contributed by atoms with E-state index in [-0.39, 0.29) is 11.6 Å². The van der Waals surface area contributed by atoms with E-state index >= 15 is 0 Å². The second kappa shape index (κ2) is 3.42. The smallest absolute Gasteiger partial charge is 0.356 e. The third-order valence-electron chi connectivity index (χ3n) is 2.70. The number of aromatic nitrogens is 2. The Morgan fingerprint density at radius 1 is 1.39 bits per heavy atom. The number of carboxylic acids is 1. The molecule has 0 radical (unpaired) electrons. The van der Waals surface area contributed by atoms with Gasteiger partial charge in [-0.05, 0) is 12.1 Å². The molecule has 1 aromatic carbocycles. The van der Waals surface area contributed by atoms with Gasteiger partial charge in [-0.15, -0.1) is 0 Å². The predicted molar refractivity (Wildman–Crippen MR) is 64.9 cm³/mol. The average molecular weight is 263 g/mol. The summed E-state index contributed by atoms with van der Waals surface area (Å²) in [6, 6.07) is 7.07. The normalized spacial score (nSPS) is 20.7. The van der Waals surface area contributed by atoms with Crippen LogP contribution in [0.3, 0.4) is 0 Å². The minimum Gasteiger partial charge on any atom is -0.476 e. The Labute approximate surface area is 103 Å². The van der Waals surface area contributed by atoms with Crippen LogP contribution in [0, 0.1) is 0 Å². The van der Waals surface area contributed by atoms with Crippen LogP contribution in [0.15, 0.2) is 39.7 Å². The van der Waals surface area contributed by atoms with Crippen LogP contribution in [0.4, 0.5) is 5.95 Å². The molecule has 7 heteroatoms. The average Bonchev–Trinajstić information content (AvgIpc) is 2.72. The maximum Gasteiger partial charge on any atom is 0.356 e. The van der Waals surface area contributed by atoms with Gasteiger partial charge in [0, 0.05) is 12.5 Å². The number of benzene rings is 1. The Morgan fingerprint density at radius 2 is 2.11 bits per heavy atom. The van der Waals surface area contributed by atoms with Crippen LogP contribution in [-0.4, -0.2) is 31.1 Å². The second-order valence-corrected chi connectivity index (χ2v) is 6.19. The van der Waals surface area contributed by atoms with Gasteiger partial charge in [0.2, 0.25) is 5.95 Å². The van der Waals surface area contributed by atoms with Crippen LogP contribution in [0.5, 0.6) is 0 Å². The Kier molecular flexibility index (Phi) is 2.09. The van der Waals surface area contributed by atoms with Gasteiger partial charge in [0.25, 0.3) is 0 Å². The van der Waals surface area contributed by atoms with E-state index in [1.807, 2.05) is 0 Å². The number of carbonyl (C=O) groups is 1. The SMILES string of the molecule is CS1(=O)=Nc2nc(C(=O)O)cn2-c2ccccc21. The fraction of sp³-hybridized carbons (Fsp3) is 0.0909. The number of imidazole rings is 1. The first-order valence-electron chi connectivity index (χ1n) is 5.13. The molecule has 2 heterocycles. The molecule has 0 saturated heterocycles. The second-order valence-electron chi connectivity index (χ2n) is 3.96. The highest BCUT2D eigenvalue weighted by Crippen LogP contribution is 2.32. The number of nitrogens with zero attached hydrogens (tertiary/aromatic N) is 3. The number of fused-ring (bicyclic) bond motifs is 3. The van der Waals surface area contributed by atoms with Crippen molar-refractivity contribution < 1.29 is 14.1 Å². The molecule has 0 spiro atoms. The summed E-state index contributed by atoms with van der Waals surface area (Å²) in [4.78, 5) is 15.4. The van der Waals surface area contributed by atoms with E-state index in [1.54, 1.807) is 28.8 Å². The lowest BCUT2D eigenvalue weighted by Gasteiger charge is -2.16. The van der Waals surface area contributed by atoms with Gasteiger partial charge in [-0.1, -0.05) is 12.1 Å². The van der Waals surface area contributed by atoms with E-state index in [2.05, 4.69) is 9.35 Å². The predicted octanol–water partition coefficient (Wildman–Crippen LogP) is 1.67. The summed E-state index contributed by atoms with van der Waals surface area (Å²) in [5, 5.41) is 8.92. The molecule has 0 fully saturated rings. The van der Waals surface area contributed by atoms with Crippen molar-refractivity contribution in [3.63, 3.8) is 0 Å². The highest BCUT2D eigenvalue weighted by molar-refractivity contribution is 7.93. The number of aromatic carboxylic acids is 1.